The van der Waals surface area contributed by atoms with Crippen LogP contribution < -0.4 is 5.32 Å². The van der Waals surface area contributed by atoms with Gasteiger partial charge in [-0.25, -0.2) is 4.99 Å². The summed E-state index contributed by atoms with van der Waals surface area (Å²) in [5.41, 5.74) is 1.84. The number of aryl methyl sites for hydroxylation is 1. The molecule has 1 N–H and O–H groups in total. The predicted molar refractivity (Wildman–Crippen MR) is 100 cm³/mol. The number of hydrogen-bond donors (Lipinski definition) is 1. The lowest BCUT2D eigenvalue weighted by Gasteiger charge is -2.02. The molecule has 5 heteroatoms. The van der Waals surface area contributed by atoms with Gasteiger partial charge in [-0.1, -0.05) is 36.4 Å². The highest BCUT2D eigenvalue weighted by molar-refractivity contribution is 8.18. The molecule has 3 aromatic rings. The zero-order valence-electron chi connectivity index (χ0n) is 13.1. The van der Waals surface area contributed by atoms with Gasteiger partial charge in [0.1, 0.15) is 0 Å². The zero-order valence-corrected chi connectivity index (χ0v) is 13.9. The lowest BCUT2D eigenvalue weighted by Crippen LogP contribution is -2.19. The van der Waals surface area contributed by atoms with Crippen LogP contribution in [0.15, 0.2) is 70.7 Å². The van der Waals surface area contributed by atoms with Crippen LogP contribution >= 0.6 is 11.8 Å². The Balaban J connectivity index is 1.68. The summed E-state index contributed by atoms with van der Waals surface area (Å²) < 4.78 is 1.97. The van der Waals surface area contributed by atoms with E-state index in [2.05, 4.69) is 22.4 Å². The number of carbonyl (C=O) groups is 1. The summed E-state index contributed by atoms with van der Waals surface area (Å²) in [7, 11) is 1.95. The molecular formula is C19H15N3OS. The van der Waals surface area contributed by atoms with E-state index < -0.39 is 0 Å². The number of amidine groups is 1. The maximum absolute atomic E-state index is 12.2. The van der Waals surface area contributed by atoms with Crippen molar-refractivity contribution in [3.63, 3.8) is 0 Å². The molecule has 2 heterocycles. The smallest absolute Gasteiger partial charge is 0.264 e. The molecule has 0 aliphatic carbocycles. The van der Waals surface area contributed by atoms with E-state index in [0.717, 1.165) is 22.2 Å². The molecule has 0 saturated carbocycles. The summed E-state index contributed by atoms with van der Waals surface area (Å²) in [5.74, 6) is -0.111. The Morgan fingerprint density at radius 2 is 1.92 bits per heavy atom. The molecular weight excluding hydrogens is 318 g/mol. The number of aliphatic imine (C=N–C) groups is 1. The first-order valence-electron chi connectivity index (χ1n) is 7.59. The molecule has 2 aromatic carbocycles. The summed E-state index contributed by atoms with van der Waals surface area (Å²) >= 11 is 1.37. The van der Waals surface area contributed by atoms with Gasteiger partial charge in [0.25, 0.3) is 5.91 Å². The number of rotatable bonds is 2. The summed E-state index contributed by atoms with van der Waals surface area (Å²) in [6.45, 7) is 0. The average Bonchev–Trinajstić information content (AvgIpc) is 3.14. The topological polar surface area (TPSA) is 46.4 Å². The summed E-state index contributed by atoms with van der Waals surface area (Å²) in [5, 5.41) is 5.66. The van der Waals surface area contributed by atoms with E-state index in [0.29, 0.717) is 10.1 Å². The second-order valence-corrected chi connectivity index (χ2v) is 6.55. The molecule has 0 atom stereocenters. The van der Waals surface area contributed by atoms with Crippen LogP contribution in [0.5, 0.6) is 0 Å². The van der Waals surface area contributed by atoms with Crippen molar-refractivity contribution in [2.75, 3.05) is 0 Å². The number of benzene rings is 2. The van der Waals surface area contributed by atoms with Gasteiger partial charge in [-0.05, 0) is 41.4 Å². The van der Waals surface area contributed by atoms with Crippen molar-refractivity contribution < 1.29 is 4.79 Å². The first-order valence-corrected chi connectivity index (χ1v) is 8.41. The van der Waals surface area contributed by atoms with Crippen LogP contribution in [0.1, 0.15) is 5.69 Å². The molecule has 1 saturated heterocycles. The van der Waals surface area contributed by atoms with Gasteiger partial charge in [-0.2, -0.15) is 0 Å². The van der Waals surface area contributed by atoms with Crippen molar-refractivity contribution in [1.29, 1.82) is 0 Å². The third kappa shape index (κ3) is 2.74. The Kier molecular flexibility index (Phi) is 3.70. The van der Waals surface area contributed by atoms with E-state index in [9.17, 15) is 4.79 Å². The number of hydrogen-bond acceptors (Lipinski definition) is 3. The van der Waals surface area contributed by atoms with Gasteiger partial charge in [-0.15, -0.1) is 0 Å². The Morgan fingerprint density at radius 1 is 1.08 bits per heavy atom. The van der Waals surface area contributed by atoms with Crippen LogP contribution in [0.25, 0.3) is 16.8 Å². The van der Waals surface area contributed by atoms with Gasteiger partial charge in [0.15, 0.2) is 5.17 Å². The van der Waals surface area contributed by atoms with E-state index in [4.69, 9.17) is 0 Å². The normalized spacial score (nSPS) is 17.8. The van der Waals surface area contributed by atoms with E-state index in [1.54, 1.807) is 0 Å². The maximum Gasteiger partial charge on any atom is 0.264 e. The summed E-state index contributed by atoms with van der Waals surface area (Å²) in [4.78, 5) is 17.5. The van der Waals surface area contributed by atoms with Crippen LogP contribution in [0.2, 0.25) is 0 Å². The lowest BCUT2D eigenvalue weighted by molar-refractivity contribution is -0.115. The molecule has 24 heavy (non-hydrogen) atoms. The quantitative estimate of drug-likeness (QED) is 0.719. The Bertz CT molecular complexity index is 995. The number of aromatic nitrogens is 1. The number of amides is 1. The molecule has 4 rings (SSSR count). The monoisotopic (exact) mass is 333 g/mol. The minimum Gasteiger partial charge on any atom is -0.351 e. The van der Waals surface area contributed by atoms with E-state index in [1.165, 1.54) is 11.8 Å². The third-order valence-corrected chi connectivity index (χ3v) is 4.81. The largest absolute Gasteiger partial charge is 0.351 e. The summed E-state index contributed by atoms with van der Waals surface area (Å²) in [6, 6.07) is 18.0. The lowest BCUT2D eigenvalue weighted by atomic mass is 10.1. The average molecular weight is 333 g/mol. The van der Waals surface area contributed by atoms with Crippen LogP contribution in [-0.4, -0.2) is 15.6 Å². The summed E-state index contributed by atoms with van der Waals surface area (Å²) in [6.07, 6.45) is 3.83. The van der Waals surface area contributed by atoms with Crippen molar-refractivity contribution in [3.05, 3.63) is 71.4 Å². The second kappa shape index (κ2) is 6.02. The van der Waals surface area contributed by atoms with Crippen molar-refractivity contribution in [2.45, 2.75) is 0 Å². The molecule has 1 aliphatic rings. The van der Waals surface area contributed by atoms with E-state index >= 15 is 0 Å². The van der Waals surface area contributed by atoms with Gasteiger partial charge in [0.05, 0.1) is 10.6 Å². The fourth-order valence-corrected chi connectivity index (χ4v) is 3.47. The van der Waals surface area contributed by atoms with E-state index in [-0.39, 0.29) is 5.91 Å². The first-order chi connectivity index (χ1) is 11.7. The number of carbonyl (C=O) groups excluding carboxylic acids is 1. The molecule has 118 valence electrons. The second-order valence-electron chi connectivity index (χ2n) is 5.52. The standard InChI is InChI=1S/C19H15N3OS/c1-22-11-5-8-14(22)12-17-18(23)21-19(24-17)20-16-10-4-7-13-6-2-3-9-15(13)16/h2-12H,1H3,(H,20,21,23). The minimum atomic E-state index is -0.111. The van der Waals surface area contributed by atoms with Crippen molar-refractivity contribution in [1.82, 2.24) is 9.88 Å². The van der Waals surface area contributed by atoms with Crippen molar-refractivity contribution >= 4 is 45.4 Å². The molecule has 0 bridgehead atoms. The first kappa shape index (κ1) is 14.8. The number of nitrogens with one attached hydrogen (secondary N) is 1. The number of nitrogens with zero attached hydrogens (tertiary/aromatic N) is 2. The van der Waals surface area contributed by atoms with Gasteiger partial charge < -0.3 is 9.88 Å². The Morgan fingerprint density at radius 3 is 2.75 bits per heavy atom. The zero-order chi connectivity index (χ0) is 16.5. The highest BCUT2D eigenvalue weighted by atomic mass is 32.2. The molecule has 1 fully saturated rings. The highest BCUT2D eigenvalue weighted by Crippen LogP contribution is 2.31. The van der Waals surface area contributed by atoms with Crippen molar-refractivity contribution in [2.24, 2.45) is 12.0 Å². The maximum atomic E-state index is 12.2. The van der Waals surface area contributed by atoms with E-state index in [1.807, 2.05) is 66.4 Å². The Labute approximate surface area is 143 Å². The molecule has 0 unspecified atom stereocenters. The highest BCUT2D eigenvalue weighted by Gasteiger charge is 2.24. The van der Waals surface area contributed by atoms with Crippen LogP contribution in [0.4, 0.5) is 5.69 Å². The van der Waals surface area contributed by atoms with Crippen LogP contribution in [-0.2, 0) is 11.8 Å². The molecule has 1 amide bonds. The molecule has 1 aromatic heterocycles. The molecule has 4 nitrogen and oxygen atoms in total. The van der Waals surface area contributed by atoms with Gasteiger partial charge in [-0.3, -0.25) is 4.79 Å². The molecule has 0 spiro atoms. The number of thioether (sulfide) groups is 1. The van der Waals surface area contributed by atoms with Crippen LogP contribution in [0, 0.1) is 0 Å². The number of fused-ring (bicyclic) bond motifs is 1. The van der Waals surface area contributed by atoms with Gasteiger partial charge in [0.2, 0.25) is 0 Å². The van der Waals surface area contributed by atoms with Crippen molar-refractivity contribution in [3.8, 4) is 0 Å². The fourth-order valence-electron chi connectivity index (χ4n) is 2.65. The third-order valence-electron chi connectivity index (χ3n) is 3.90. The minimum absolute atomic E-state index is 0.111. The Hall–Kier alpha value is -2.79. The molecule has 0 radical (unpaired) electrons. The molecule has 1 aliphatic heterocycles. The van der Waals surface area contributed by atoms with Gasteiger partial charge in [0, 0.05) is 24.3 Å². The fraction of sp³-hybridized carbons (Fsp3) is 0.0526. The predicted octanol–water partition coefficient (Wildman–Crippen LogP) is 4.07. The van der Waals surface area contributed by atoms with Crippen LogP contribution in [0.3, 0.4) is 0 Å². The SMILES string of the molecule is Cn1cccc1C=C1SC(=Nc2cccc3ccccc23)NC1=O. The van der Waals surface area contributed by atoms with Gasteiger partial charge >= 0.3 is 0 Å².